The molecule has 54 valence electrons. The van der Waals surface area contributed by atoms with E-state index >= 15 is 0 Å². The van der Waals surface area contributed by atoms with Gasteiger partial charge < -0.3 is 10.6 Å². The maximum atomic E-state index is 10.4. The van der Waals surface area contributed by atoms with Crippen molar-refractivity contribution in [2.24, 2.45) is 0 Å². The van der Waals surface area contributed by atoms with Crippen molar-refractivity contribution >= 4 is 5.91 Å². The van der Waals surface area contributed by atoms with E-state index in [0.717, 1.165) is 6.54 Å². The van der Waals surface area contributed by atoms with Gasteiger partial charge in [0.05, 0.1) is 0 Å². The molecule has 0 aliphatic rings. The van der Waals surface area contributed by atoms with Crippen molar-refractivity contribution < 1.29 is 4.79 Å². The first-order valence-electron chi connectivity index (χ1n) is 3.08. The number of amides is 1. The third kappa shape index (κ3) is 5.30. The number of carbonyl (C=O) groups excluding carboxylic acids is 1. The third-order valence-corrected chi connectivity index (χ3v) is 0.960. The fraction of sp³-hybridized carbons (Fsp3) is 0.833. The molecular formula is C6H14N2O. The molecule has 1 atom stereocenters. The van der Waals surface area contributed by atoms with E-state index in [1.54, 1.807) is 0 Å². The number of nitrogens with one attached hydrogen (secondary N) is 2. The summed E-state index contributed by atoms with van der Waals surface area (Å²) in [5, 5.41) is 5.70. The van der Waals surface area contributed by atoms with Crippen LogP contribution in [0.25, 0.3) is 0 Å². The highest BCUT2D eigenvalue weighted by Crippen LogP contribution is 1.75. The standard InChI is InChI=1S/C6H14N2O/c1-5(4-7-3)8-6(2)9/h5,7H,4H2,1-3H3,(H,8,9)/t5-/m1/s1. The zero-order chi connectivity index (χ0) is 7.28. The van der Waals surface area contributed by atoms with E-state index in [-0.39, 0.29) is 11.9 Å². The Morgan fingerprint density at radius 2 is 2.22 bits per heavy atom. The lowest BCUT2D eigenvalue weighted by Gasteiger charge is -2.10. The smallest absolute Gasteiger partial charge is 0.217 e. The molecule has 3 heteroatoms. The van der Waals surface area contributed by atoms with Crippen LogP contribution in [0.1, 0.15) is 13.8 Å². The lowest BCUT2D eigenvalue weighted by atomic mass is 10.3. The van der Waals surface area contributed by atoms with Gasteiger partial charge in [0.25, 0.3) is 0 Å². The molecule has 0 saturated carbocycles. The first kappa shape index (κ1) is 8.43. The van der Waals surface area contributed by atoms with Crippen LogP contribution in [-0.2, 0) is 4.79 Å². The van der Waals surface area contributed by atoms with Crippen LogP contribution in [-0.4, -0.2) is 25.5 Å². The van der Waals surface area contributed by atoms with Crippen LogP contribution in [0.2, 0.25) is 0 Å². The molecule has 0 saturated heterocycles. The highest BCUT2D eigenvalue weighted by Gasteiger charge is 1.98. The molecule has 0 bridgehead atoms. The summed E-state index contributed by atoms with van der Waals surface area (Å²) in [6, 6.07) is 0.229. The molecular weight excluding hydrogens is 116 g/mol. The van der Waals surface area contributed by atoms with Gasteiger partial charge in [-0.2, -0.15) is 0 Å². The molecule has 0 spiro atoms. The van der Waals surface area contributed by atoms with E-state index in [1.807, 2.05) is 14.0 Å². The molecule has 0 aliphatic carbocycles. The highest BCUT2D eigenvalue weighted by molar-refractivity contribution is 5.73. The maximum absolute atomic E-state index is 10.4. The zero-order valence-corrected chi connectivity index (χ0v) is 6.19. The number of hydrogen-bond donors (Lipinski definition) is 2. The van der Waals surface area contributed by atoms with Crippen LogP contribution >= 0.6 is 0 Å². The zero-order valence-electron chi connectivity index (χ0n) is 6.19. The average Bonchev–Trinajstić information content (AvgIpc) is 1.63. The average molecular weight is 130 g/mol. The minimum absolute atomic E-state index is 0.0257. The van der Waals surface area contributed by atoms with Gasteiger partial charge in [-0.15, -0.1) is 0 Å². The quantitative estimate of drug-likeness (QED) is 0.552. The summed E-state index contributed by atoms with van der Waals surface area (Å²) in [5.41, 5.74) is 0. The Kier molecular flexibility index (Phi) is 4.05. The molecule has 2 N–H and O–H groups in total. The van der Waals surface area contributed by atoms with Crippen molar-refractivity contribution in [2.45, 2.75) is 19.9 Å². The lowest BCUT2D eigenvalue weighted by Crippen LogP contribution is -2.37. The van der Waals surface area contributed by atoms with Gasteiger partial charge in [0, 0.05) is 19.5 Å². The van der Waals surface area contributed by atoms with Crippen molar-refractivity contribution in [3.05, 3.63) is 0 Å². The maximum Gasteiger partial charge on any atom is 0.217 e. The molecule has 0 radical (unpaired) electrons. The molecule has 0 aromatic rings. The molecule has 0 heterocycles. The molecule has 1 amide bonds. The second-order valence-electron chi connectivity index (χ2n) is 2.16. The summed E-state index contributed by atoms with van der Waals surface area (Å²) in [6.45, 7) is 4.30. The Morgan fingerprint density at radius 3 is 2.56 bits per heavy atom. The van der Waals surface area contributed by atoms with E-state index in [4.69, 9.17) is 0 Å². The second-order valence-corrected chi connectivity index (χ2v) is 2.16. The van der Waals surface area contributed by atoms with Gasteiger partial charge in [-0.3, -0.25) is 4.79 Å². The Bertz CT molecular complexity index is 93.1. The van der Waals surface area contributed by atoms with Crippen molar-refractivity contribution in [3.8, 4) is 0 Å². The van der Waals surface area contributed by atoms with Crippen LogP contribution in [0.4, 0.5) is 0 Å². The molecule has 0 unspecified atom stereocenters. The third-order valence-electron chi connectivity index (χ3n) is 0.960. The van der Waals surface area contributed by atoms with Crippen LogP contribution in [0, 0.1) is 0 Å². The van der Waals surface area contributed by atoms with E-state index < -0.39 is 0 Å². The predicted octanol–water partition coefficient (Wildman–Crippen LogP) is -0.270. The number of hydrogen-bond acceptors (Lipinski definition) is 2. The van der Waals surface area contributed by atoms with Crippen LogP contribution in [0.5, 0.6) is 0 Å². The van der Waals surface area contributed by atoms with E-state index in [1.165, 1.54) is 6.92 Å². The van der Waals surface area contributed by atoms with Crippen molar-refractivity contribution in [1.29, 1.82) is 0 Å². The van der Waals surface area contributed by atoms with Crippen LogP contribution in [0.15, 0.2) is 0 Å². The minimum atomic E-state index is 0.0257. The van der Waals surface area contributed by atoms with Crippen molar-refractivity contribution in [3.63, 3.8) is 0 Å². The molecule has 0 rings (SSSR count). The summed E-state index contributed by atoms with van der Waals surface area (Å²) >= 11 is 0. The Balaban J connectivity index is 3.26. The molecule has 3 nitrogen and oxygen atoms in total. The van der Waals surface area contributed by atoms with Crippen molar-refractivity contribution in [1.82, 2.24) is 10.6 Å². The van der Waals surface area contributed by atoms with Crippen molar-refractivity contribution in [2.75, 3.05) is 13.6 Å². The fourth-order valence-electron chi connectivity index (χ4n) is 0.704. The topological polar surface area (TPSA) is 41.1 Å². The van der Waals surface area contributed by atoms with Gasteiger partial charge in [-0.1, -0.05) is 0 Å². The van der Waals surface area contributed by atoms with Gasteiger partial charge in [0.1, 0.15) is 0 Å². The first-order valence-corrected chi connectivity index (χ1v) is 3.08. The predicted molar refractivity (Wildman–Crippen MR) is 37.2 cm³/mol. The van der Waals surface area contributed by atoms with Gasteiger partial charge in [-0.05, 0) is 14.0 Å². The molecule has 0 fully saturated rings. The summed E-state index contributed by atoms with van der Waals surface area (Å²) in [5.74, 6) is 0.0257. The van der Waals surface area contributed by atoms with Gasteiger partial charge >= 0.3 is 0 Å². The monoisotopic (exact) mass is 130 g/mol. The fourth-order valence-corrected chi connectivity index (χ4v) is 0.704. The van der Waals surface area contributed by atoms with E-state index in [9.17, 15) is 4.79 Å². The molecule has 9 heavy (non-hydrogen) atoms. The summed E-state index contributed by atoms with van der Waals surface area (Å²) in [7, 11) is 1.86. The van der Waals surface area contributed by atoms with Gasteiger partial charge in [-0.25, -0.2) is 0 Å². The molecule has 0 aliphatic heterocycles. The van der Waals surface area contributed by atoms with E-state index in [0.29, 0.717) is 0 Å². The normalized spacial score (nSPS) is 12.8. The number of carbonyl (C=O) groups is 1. The lowest BCUT2D eigenvalue weighted by molar-refractivity contribution is -0.119. The molecule has 0 aromatic heterocycles. The first-order chi connectivity index (χ1) is 4.16. The summed E-state index contributed by atoms with van der Waals surface area (Å²) in [4.78, 5) is 10.4. The molecule has 0 aromatic carbocycles. The highest BCUT2D eigenvalue weighted by atomic mass is 16.1. The number of likely N-dealkylation sites (N-methyl/N-ethyl adjacent to an activating group) is 1. The van der Waals surface area contributed by atoms with Crippen LogP contribution < -0.4 is 10.6 Å². The van der Waals surface area contributed by atoms with Gasteiger partial charge in [0.2, 0.25) is 5.91 Å². The van der Waals surface area contributed by atoms with Crippen LogP contribution in [0.3, 0.4) is 0 Å². The van der Waals surface area contributed by atoms with Gasteiger partial charge in [0.15, 0.2) is 0 Å². The summed E-state index contributed by atoms with van der Waals surface area (Å²) < 4.78 is 0. The SMILES string of the molecule is CNC[C@@H](C)NC(C)=O. The minimum Gasteiger partial charge on any atom is -0.353 e. The Morgan fingerprint density at radius 1 is 1.67 bits per heavy atom. The number of rotatable bonds is 3. The Labute approximate surface area is 55.8 Å². The van der Waals surface area contributed by atoms with E-state index in [2.05, 4.69) is 10.6 Å². The summed E-state index contributed by atoms with van der Waals surface area (Å²) in [6.07, 6.45) is 0. The Hall–Kier alpha value is -0.570. The largest absolute Gasteiger partial charge is 0.353 e. The second kappa shape index (κ2) is 4.32.